The van der Waals surface area contributed by atoms with E-state index in [0.29, 0.717) is 65.1 Å². The van der Waals surface area contributed by atoms with Crippen LogP contribution in [0.5, 0.6) is 11.5 Å². The highest BCUT2D eigenvalue weighted by Gasteiger charge is 2.36. The van der Waals surface area contributed by atoms with Crippen LogP contribution in [0.15, 0.2) is 84.9 Å². The van der Waals surface area contributed by atoms with E-state index in [1.54, 1.807) is 55.5 Å². The predicted octanol–water partition coefficient (Wildman–Crippen LogP) is 7.37. The lowest BCUT2D eigenvalue weighted by molar-refractivity contribution is -0.368. The van der Waals surface area contributed by atoms with Crippen LogP contribution in [0.4, 0.5) is 0 Å². The maximum Gasteiger partial charge on any atom is 0.326 e. The molecule has 0 saturated carbocycles. The van der Waals surface area contributed by atoms with E-state index in [2.05, 4.69) is 41.9 Å². The van der Waals surface area contributed by atoms with E-state index in [1.165, 1.54) is 31.7 Å². The maximum atomic E-state index is 14.6. The number of rotatable bonds is 19. The Kier molecular flexibility index (Phi) is 18.8. The van der Waals surface area contributed by atoms with Gasteiger partial charge in [-0.3, -0.25) is 24.0 Å². The topological polar surface area (TPSA) is 184 Å². The number of quaternary nitrogens is 1. The largest absolute Gasteiger partial charge is 0.496 e. The zero-order valence-corrected chi connectivity index (χ0v) is 39.0. The summed E-state index contributed by atoms with van der Waals surface area (Å²) in [6, 6.07) is 23.3. The number of carboxylic acids is 1. The minimum absolute atomic E-state index is 0.0231. The maximum absolute atomic E-state index is 14.6. The highest BCUT2D eigenvalue weighted by atomic mass is 16.5. The van der Waals surface area contributed by atoms with Crippen molar-refractivity contribution in [3.8, 4) is 34.5 Å². The number of ether oxygens (including phenoxy) is 2. The zero-order valence-electron chi connectivity index (χ0n) is 39.0. The van der Waals surface area contributed by atoms with E-state index in [4.69, 9.17) is 9.47 Å². The lowest BCUT2D eigenvalue weighted by Crippen LogP contribution is -2.50. The number of Topliss-reactive ketones (excluding diaryl/α,β-unsaturated/α-hetero) is 3. The Morgan fingerprint density at radius 1 is 0.818 bits per heavy atom. The van der Waals surface area contributed by atoms with Crippen LogP contribution in [0, 0.1) is 23.7 Å². The molecule has 2 amide bonds. The third-order valence-electron chi connectivity index (χ3n) is 12.2. The van der Waals surface area contributed by atoms with Crippen molar-refractivity contribution < 1.29 is 49.1 Å². The number of methoxy groups -OCH3 is 2. The molecule has 0 aliphatic carbocycles. The summed E-state index contributed by atoms with van der Waals surface area (Å²) in [7, 11) is 4.55. The van der Waals surface area contributed by atoms with Gasteiger partial charge < -0.3 is 30.5 Å². The molecule has 4 aromatic rings. The van der Waals surface area contributed by atoms with Crippen molar-refractivity contribution >= 4 is 35.1 Å². The van der Waals surface area contributed by atoms with Gasteiger partial charge >= 0.3 is 5.97 Å². The summed E-state index contributed by atoms with van der Waals surface area (Å²) in [5, 5.41) is 12.7. The summed E-state index contributed by atoms with van der Waals surface area (Å²) in [6.45, 7) is 4.37. The van der Waals surface area contributed by atoms with Crippen molar-refractivity contribution in [2.75, 3.05) is 27.8 Å². The minimum atomic E-state index is -1.27. The van der Waals surface area contributed by atoms with E-state index < -0.39 is 47.5 Å². The van der Waals surface area contributed by atoms with Gasteiger partial charge in [-0.1, -0.05) is 68.5 Å². The van der Waals surface area contributed by atoms with Gasteiger partial charge in [0, 0.05) is 78.8 Å². The molecule has 0 aromatic heterocycles. The number of nitrogens with one attached hydrogen (secondary N) is 1. The van der Waals surface area contributed by atoms with Crippen molar-refractivity contribution in [1.82, 2.24) is 10.2 Å². The smallest absolute Gasteiger partial charge is 0.326 e. The number of nitrogens with zero attached hydrogens (tertiary/aromatic N) is 1. The van der Waals surface area contributed by atoms with Crippen LogP contribution >= 0.6 is 0 Å². The number of likely N-dealkylation sites (N-methyl/N-ethyl adjacent to an activating group) is 1. The first-order valence-electron chi connectivity index (χ1n) is 23.0. The fourth-order valence-electron chi connectivity index (χ4n) is 8.36. The van der Waals surface area contributed by atoms with Crippen LogP contribution in [0.1, 0.15) is 122 Å². The van der Waals surface area contributed by atoms with Crippen LogP contribution in [-0.2, 0) is 36.8 Å². The lowest BCUT2D eigenvalue weighted by Gasteiger charge is -2.32. The molecule has 0 radical (unpaired) electrons. The molecule has 4 aromatic carbocycles. The van der Waals surface area contributed by atoms with Gasteiger partial charge in [0.2, 0.25) is 11.8 Å². The summed E-state index contributed by atoms with van der Waals surface area (Å²) in [4.78, 5) is 83.0. The number of hydrogen-bond acceptors (Lipinski definition) is 8. The number of aryl methyl sites for hydroxylation is 1. The highest BCUT2D eigenvalue weighted by Crippen LogP contribution is 2.40. The van der Waals surface area contributed by atoms with Crippen molar-refractivity contribution in [3.63, 3.8) is 0 Å². The first-order chi connectivity index (χ1) is 31.8. The summed E-state index contributed by atoms with van der Waals surface area (Å²) < 4.78 is 11.5. The number of carboxylic acid groups (broad SMARTS) is 1. The summed E-state index contributed by atoms with van der Waals surface area (Å²) in [6.07, 6.45) is 5.30. The second-order valence-electron chi connectivity index (χ2n) is 17.2. The van der Waals surface area contributed by atoms with Gasteiger partial charge in [-0.2, -0.15) is 0 Å². The third-order valence-corrected chi connectivity index (χ3v) is 12.2. The van der Waals surface area contributed by atoms with Crippen molar-refractivity contribution in [2.45, 2.75) is 103 Å². The van der Waals surface area contributed by atoms with Crippen molar-refractivity contribution in [1.29, 1.82) is 0 Å². The van der Waals surface area contributed by atoms with Crippen LogP contribution in [0.2, 0.25) is 0 Å². The Morgan fingerprint density at radius 3 is 2.08 bits per heavy atom. The van der Waals surface area contributed by atoms with Gasteiger partial charge in [0.25, 0.3) is 0 Å². The Bertz CT molecular complexity index is 2420. The van der Waals surface area contributed by atoms with Gasteiger partial charge in [0.15, 0.2) is 11.6 Å². The monoisotopic (exact) mass is 898 g/mol. The van der Waals surface area contributed by atoms with Gasteiger partial charge in [-0.25, -0.2) is 4.79 Å². The minimum Gasteiger partial charge on any atom is -0.496 e. The van der Waals surface area contributed by atoms with Gasteiger partial charge in [-0.15, -0.1) is 0 Å². The SMILES string of the molecule is CCCCc1ccc(C#Cc2ccc(C(=O)CCCC(=O)CC(CCCC[NH3+])C(=O)N(C)[C@@H]3C(=O)C[C@@H](C)C(=O)N[C@H](C(=O)O)Cc4ccc(OC)c(c4)-c4cc3ccc4OC)cc2)cc1. The summed E-state index contributed by atoms with van der Waals surface area (Å²) in [5.74, 6) is 2.63. The van der Waals surface area contributed by atoms with Crippen LogP contribution in [0.3, 0.4) is 0 Å². The Balaban J connectivity index is 1.32. The standard InChI is InChI=1S/C54H63N3O9/c1-6-7-11-36-15-17-37(18-16-36)19-20-38-21-24-40(25-22-38)47(59)14-10-13-43(58)33-42(12-8-9-29-55)53(62)57(3)51-41-26-28-50(66-5)45(34-41)44-31-39(23-27-49(44)65-4)32-46(54(63)64)56-52(61)35(2)30-48(51)60/h15-18,21-28,31,34-35,42,46,51H,6-14,29-30,32-33,55H2,1-5H3,(H,56,61)(H,63,64)/p+1/t35-,42?,46+,51+/m1/s1. The number of fused-ring (bicyclic) bond motifs is 5. The summed E-state index contributed by atoms with van der Waals surface area (Å²) >= 11 is 0. The Morgan fingerprint density at radius 2 is 1.45 bits per heavy atom. The molecule has 66 heavy (non-hydrogen) atoms. The molecule has 4 atom stereocenters. The molecule has 1 unspecified atom stereocenters. The molecule has 348 valence electrons. The fourth-order valence-corrected chi connectivity index (χ4v) is 8.36. The molecule has 0 saturated heterocycles. The molecule has 0 spiro atoms. The van der Waals surface area contributed by atoms with E-state index in [1.807, 2.05) is 24.3 Å². The quantitative estimate of drug-likeness (QED) is 0.0491. The molecule has 12 nitrogen and oxygen atoms in total. The number of ketones is 3. The Labute approximate surface area is 388 Å². The molecular weight excluding hydrogens is 835 g/mol. The van der Waals surface area contributed by atoms with Crippen LogP contribution in [-0.4, -0.2) is 79.0 Å². The average molecular weight is 899 g/mol. The number of aliphatic carboxylic acids is 1. The molecule has 5 rings (SSSR count). The normalized spacial score (nSPS) is 16.4. The number of carbonyl (C=O) groups excluding carboxylic acids is 5. The Hall–Kier alpha value is -6.58. The first-order valence-corrected chi connectivity index (χ1v) is 23.0. The van der Waals surface area contributed by atoms with Gasteiger partial charge in [-0.05, 0) is 104 Å². The van der Waals surface area contributed by atoms with E-state index in [0.717, 1.165) is 36.8 Å². The fraction of sp³-hybridized carbons (Fsp3) is 0.407. The number of carbonyl (C=O) groups is 6. The molecule has 12 heteroatoms. The number of amides is 2. The second kappa shape index (κ2) is 24.6. The van der Waals surface area contributed by atoms with Crippen molar-refractivity contribution in [2.24, 2.45) is 11.8 Å². The third kappa shape index (κ3) is 13.7. The predicted molar refractivity (Wildman–Crippen MR) is 253 cm³/mol. The van der Waals surface area contributed by atoms with E-state index in [-0.39, 0.29) is 43.7 Å². The lowest BCUT2D eigenvalue weighted by atomic mass is 9.88. The number of benzene rings is 4. The van der Waals surface area contributed by atoms with Crippen molar-refractivity contribution in [3.05, 3.63) is 118 Å². The highest BCUT2D eigenvalue weighted by molar-refractivity contribution is 5.97. The molecule has 0 fully saturated rings. The van der Waals surface area contributed by atoms with Gasteiger partial charge in [0.05, 0.1) is 20.8 Å². The molecule has 5 N–H and O–H groups in total. The van der Waals surface area contributed by atoms with Crippen LogP contribution < -0.4 is 20.5 Å². The molecule has 1 aliphatic rings. The molecular formula is C54H64N3O9+. The second-order valence-corrected chi connectivity index (χ2v) is 17.2. The molecule has 4 bridgehead atoms. The van der Waals surface area contributed by atoms with E-state index >= 15 is 0 Å². The zero-order chi connectivity index (χ0) is 47.8. The van der Waals surface area contributed by atoms with Gasteiger partial charge in [0.1, 0.15) is 29.4 Å². The number of hydrogen-bond donors (Lipinski definition) is 3. The van der Waals surface area contributed by atoms with E-state index in [9.17, 15) is 33.9 Å². The first kappa shape index (κ1) is 50.4. The summed E-state index contributed by atoms with van der Waals surface area (Å²) in [5.41, 5.74) is 9.66. The molecule has 1 heterocycles. The average Bonchev–Trinajstić information content (AvgIpc) is 3.31. The number of unbranched alkanes of at least 4 members (excludes halogenated alkanes) is 2. The molecule has 1 aliphatic heterocycles. The van der Waals surface area contributed by atoms with Crippen LogP contribution in [0.25, 0.3) is 11.1 Å².